The molecule has 1 aliphatic heterocycles. The molecule has 5 rings (SSSR count). The minimum Gasteiger partial charge on any atom is -0.379 e. The molecule has 192 valence electrons. The maximum atomic E-state index is 12.3. The first-order valence-electron chi connectivity index (χ1n) is 12.9. The number of hydrogen-bond donors (Lipinski definition) is 3. The van der Waals surface area contributed by atoms with Crippen molar-refractivity contribution in [1.29, 1.82) is 5.26 Å². The van der Waals surface area contributed by atoms with Crippen LogP contribution >= 0.6 is 0 Å². The molecule has 2 heterocycles. The highest BCUT2D eigenvalue weighted by molar-refractivity contribution is 6.02. The van der Waals surface area contributed by atoms with Crippen molar-refractivity contribution in [1.82, 2.24) is 14.7 Å². The largest absolute Gasteiger partial charge is 0.379 e. The fourth-order valence-corrected chi connectivity index (χ4v) is 5.08. The first kappa shape index (κ1) is 24.8. The van der Waals surface area contributed by atoms with E-state index in [1.165, 1.54) is 5.56 Å². The standard InChI is InChI=1S/C28H33N7O2/c29-15-12-28(35-19-24(25(30)36)26(33-35)32-27(37)21-8-9-21)13-16-34(17-14-28)18-20-6-10-23(11-7-20)31-22-4-2-1-3-5-22/h1-4,6-7,10-11,19,21-22,31H,5,8-9,12-14,16-18H2,(H2,30,36)(H,32,33,37). The highest BCUT2D eigenvalue weighted by Gasteiger charge is 2.39. The molecule has 1 aromatic carbocycles. The van der Waals surface area contributed by atoms with Gasteiger partial charge in [-0.3, -0.25) is 19.2 Å². The van der Waals surface area contributed by atoms with Crippen LogP contribution in [0.4, 0.5) is 11.5 Å². The summed E-state index contributed by atoms with van der Waals surface area (Å²) in [4.78, 5) is 26.7. The lowest BCUT2D eigenvalue weighted by atomic mass is 9.84. The number of aromatic nitrogens is 2. The van der Waals surface area contributed by atoms with Crippen molar-refractivity contribution < 1.29 is 9.59 Å². The molecule has 2 amide bonds. The molecule has 1 saturated heterocycles. The third kappa shape index (κ3) is 5.75. The summed E-state index contributed by atoms with van der Waals surface area (Å²) >= 11 is 0. The topological polar surface area (TPSA) is 129 Å². The number of likely N-dealkylation sites (tertiary alicyclic amines) is 1. The van der Waals surface area contributed by atoms with E-state index in [0.29, 0.717) is 18.9 Å². The number of primary amides is 1. The van der Waals surface area contributed by atoms with Crippen LogP contribution in [-0.4, -0.2) is 45.6 Å². The number of allylic oxidation sites excluding steroid dienone is 2. The van der Waals surface area contributed by atoms with Gasteiger partial charge in [0.1, 0.15) is 5.56 Å². The lowest BCUT2D eigenvalue weighted by molar-refractivity contribution is -0.117. The molecule has 2 fully saturated rings. The number of piperidine rings is 1. The van der Waals surface area contributed by atoms with Crippen LogP contribution in [0.25, 0.3) is 0 Å². The van der Waals surface area contributed by atoms with E-state index in [0.717, 1.165) is 44.6 Å². The molecule has 1 atom stereocenters. The van der Waals surface area contributed by atoms with Gasteiger partial charge in [0.15, 0.2) is 5.82 Å². The summed E-state index contributed by atoms with van der Waals surface area (Å²) in [6, 6.07) is 11.2. The van der Waals surface area contributed by atoms with Crippen LogP contribution in [0, 0.1) is 17.2 Å². The van der Waals surface area contributed by atoms with Crippen LogP contribution in [0.1, 0.15) is 54.4 Å². The zero-order valence-corrected chi connectivity index (χ0v) is 20.9. The molecule has 2 aliphatic carbocycles. The van der Waals surface area contributed by atoms with Crippen LogP contribution in [0.2, 0.25) is 0 Å². The Morgan fingerprint density at radius 2 is 1.92 bits per heavy atom. The number of nitrogens with zero attached hydrogens (tertiary/aromatic N) is 4. The van der Waals surface area contributed by atoms with Crippen LogP contribution in [0.5, 0.6) is 0 Å². The maximum absolute atomic E-state index is 12.3. The van der Waals surface area contributed by atoms with E-state index >= 15 is 0 Å². The Balaban J connectivity index is 1.23. The highest BCUT2D eigenvalue weighted by atomic mass is 16.2. The van der Waals surface area contributed by atoms with Gasteiger partial charge in [0.2, 0.25) is 5.91 Å². The number of anilines is 2. The summed E-state index contributed by atoms with van der Waals surface area (Å²) in [5.74, 6) is -0.605. The number of carbonyl (C=O) groups excluding carboxylic acids is 2. The molecule has 2 aromatic rings. The highest BCUT2D eigenvalue weighted by Crippen LogP contribution is 2.36. The van der Waals surface area contributed by atoms with Crippen molar-refractivity contribution in [2.75, 3.05) is 23.7 Å². The zero-order chi connectivity index (χ0) is 25.8. The summed E-state index contributed by atoms with van der Waals surface area (Å²) in [5, 5.41) is 20.5. The Bertz CT molecular complexity index is 1240. The Morgan fingerprint density at radius 3 is 2.54 bits per heavy atom. The third-order valence-corrected chi connectivity index (χ3v) is 7.54. The van der Waals surface area contributed by atoms with Crippen molar-refractivity contribution in [3.05, 3.63) is 65.9 Å². The van der Waals surface area contributed by atoms with E-state index in [2.05, 4.69) is 75.3 Å². The maximum Gasteiger partial charge on any atom is 0.254 e. The number of rotatable bonds is 9. The smallest absolute Gasteiger partial charge is 0.254 e. The fraction of sp³-hybridized carbons (Fsp3) is 0.429. The minimum absolute atomic E-state index is 0.0201. The van der Waals surface area contributed by atoms with Crippen LogP contribution in [0.3, 0.4) is 0 Å². The average molecular weight is 500 g/mol. The van der Waals surface area contributed by atoms with Gasteiger partial charge in [-0.1, -0.05) is 36.4 Å². The fourth-order valence-electron chi connectivity index (χ4n) is 5.08. The van der Waals surface area contributed by atoms with E-state index in [1.54, 1.807) is 10.9 Å². The number of hydrogen-bond acceptors (Lipinski definition) is 6. The monoisotopic (exact) mass is 499 g/mol. The molecule has 1 aromatic heterocycles. The molecule has 9 heteroatoms. The quantitative estimate of drug-likeness (QED) is 0.484. The van der Waals surface area contributed by atoms with Crippen molar-refractivity contribution in [2.45, 2.75) is 56.7 Å². The first-order chi connectivity index (χ1) is 18.0. The number of amides is 2. The molecule has 1 unspecified atom stereocenters. The van der Waals surface area contributed by atoms with Crippen LogP contribution in [0.15, 0.2) is 54.8 Å². The molecule has 0 radical (unpaired) electrons. The zero-order valence-electron chi connectivity index (χ0n) is 20.9. The summed E-state index contributed by atoms with van der Waals surface area (Å²) in [6.45, 7) is 2.40. The SMILES string of the molecule is N#CCC1(n2cc(C(N)=O)c(NC(=O)C3CC3)n2)CCN(Cc2ccc(NC3C=CC=CC3)cc2)CC1. The van der Waals surface area contributed by atoms with Gasteiger partial charge in [-0.15, -0.1) is 0 Å². The van der Waals surface area contributed by atoms with Gasteiger partial charge < -0.3 is 16.4 Å². The van der Waals surface area contributed by atoms with Gasteiger partial charge >= 0.3 is 0 Å². The molecular formula is C28H33N7O2. The molecular weight excluding hydrogens is 466 g/mol. The Morgan fingerprint density at radius 1 is 1.16 bits per heavy atom. The van der Waals surface area contributed by atoms with E-state index in [9.17, 15) is 14.9 Å². The van der Waals surface area contributed by atoms with Crippen LogP contribution < -0.4 is 16.4 Å². The normalized spacial score (nSPS) is 20.8. The van der Waals surface area contributed by atoms with Gasteiger partial charge in [-0.2, -0.15) is 10.4 Å². The number of carbonyl (C=O) groups is 2. The van der Waals surface area contributed by atoms with Crippen molar-refractivity contribution in [2.24, 2.45) is 11.7 Å². The van der Waals surface area contributed by atoms with Crippen molar-refractivity contribution >= 4 is 23.3 Å². The number of nitrogens with two attached hydrogens (primary N) is 1. The summed E-state index contributed by atoms with van der Waals surface area (Å²) in [6.07, 6.45) is 14.4. The Kier molecular flexibility index (Phi) is 7.10. The Labute approximate surface area is 217 Å². The molecule has 37 heavy (non-hydrogen) atoms. The number of nitriles is 1. The summed E-state index contributed by atoms with van der Waals surface area (Å²) in [7, 11) is 0. The van der Waals surface area contributed by atoms with E-state index in [1.807, 2.05) is 0 Å². The third-order valence-electron chi connectivity index (χ3n) is 7.54. The average Bonchev–Trinajstić information content (AvgIpc) is 3.67. The molecule has 0 spiro atoms. The summed E-state index contributed by atoms with van der Waals surface area (Å²) in [5.41, 5.74) is 7.56. The lowest BCUT2D eigenvalue weighted by Gasteiger charge is -2.40. The van der Waals surface area contributed by atoms with E-state index in [-0.39, 0.29) is 29.6 Å². The van der Waals surface area contributed by atoms with Gasteiger partial charge in [-0.25, -0.2) is 0 Å². The van der Waals surface area contributed by atoms with Crippen LogP contribution in [-0.2, 0) is 16.9 Å². The van der Waals surface area contributed by atoms with E-state index < -0.39 is 11.4 Å². The number of nitrogens with one attached hydrogen (secondary N) is 2. The molecule has 9 nitrogen and oxygen atoms in total. The van der Waals surface area contributed by atoms with Gasteiger partial charge in [0.25, 0.3) is 5.91 Å². The molecule has 1 saturated carbocycles. The van der Waals surface area contributed by atoms with Crippen molar-refractivity contribution in [3.63, 3.8) is 0 Å². The van der Waals surface area contributed by atoms with Gasteiger partial charge in [0, 0.05) is 43.5 Å². The molecule has 3 aliphatic rings. The van der Waals surface area contributed by atoms with Gasteiger partial charge in [-0.05, 0) is 49.8 Å². The lowest BCUT2D eigenvalue weighted by Crippen LogP contribution is -2.46. The molecule has 0 bridgehead atoms. The molecule has 4 N–H and O–H groups in total. The Hall–Kier alpha value is -3.90. The second-order valence-corrected chi connectivity index (χ2v) is 10.3. The van der Waals surface area contributed by atoms with E-state index in [4.69, 9.17) is 5.73 Å². The summed E-state index contributed by atoms with van der Waals surface area (Å²) < 4.78 is 1.70. The second-order valence-electron chi connectivity index (χ2n) is 10.3. The number of benzene rings is 1. The first-order valence-corrected chi connectivity index (χ1v) is 12.9. The second kappa shape index (κ2) is 10.6. The predicted molar refractivity (Wildman–Crippen MR) is 142 cm³/mol. The minimum atomic E-state index is -0.643. The predicted octanol–water partition coefficient (Wildman–Crippen LogP) is 3.53. The van der Waals surface area contributed by atoms with Gasteiger partial charge in [0.05, 0.1) is 18.0 Å². The van der Waals surface area contributed by atoms with Crippen molar-refractivity contribution in [3.8, 4) is 6.07 Å².